The van der Waals surface area contributed by atoms with Gasteiger partial charge in [0.2, 0.25) is 5.91 Å². The second kappa shape index (κ2) is 5.15. The first-order valence-electron chi connectivity index (χ1n) is 6.42. The van der Waals surface area contributed by atoms with Gasteiger partial charge in [0.1, 0.15) is 0 Å². The quantitative estimate of drug-likeness (QED) is 0.725. The van der Waals surface area contributed by atoms with Gasteiger partial charge in [-0.2, -0.15) is 0 Å². The molecule has 1 amide bonds. The van der Waals surface area contributed by atoms with Crippen molar-refractivity contribution in [3.8, 4) is 0 Å². The molecule has 1 aliphatic carbocycles. The van der Waals surface area contributed by atoms with Crippen molar-refractivity contribution < 1.29 is 4.79 Å². The van der Waals surface area contributed by atoms with Crippen LogP contribution in [-0.2, 0) is 4.79 Å². The van der Waals surface area contributed by atoms with Crippen molar-refractivity contribution in [3.63, 3.8) is 0 Å². The molecule has 0 radical (unpaired) electrons. The van der Waals surface area contributed by atoms with E-state index in [9.17, 15) is 4.79 Å². The maximum atomic E-state index is 11.9. The van der Waals surface area contributed by atoms with E-state index in [1.54, 1.807) is 0 Å². The zero-order chi connectivity index (χ0) is 11.5. The van der Waals surface area contributed by atoms with E-state index in [1.165, 1.54) is 12.8 Å². The SMILES string of the molecule is CNC1CCCN(C(C)C(=O)NC2CC2)C1. The van der Waals surface area contributed by atoms with Crippen molar-refractivity contribution in [1.29, 1.82) is 0 Å². The molecule has 2 atom stereocenters. The highest BCUT2D eigenvalue weighted by Crippen LogP contribution is 2.19. The predicted octanol–water partition coefficient (Wildman–Crippen LogP) is 0.337. The van der Waals surface area contributed by atoms with Gasteiger partial charge in [-0.25, -0.2) is 0 Å². The lowest BCUT2D eigenvalue weighted by molar-refractivity contribution is -0.126. The van der Waals surface area contributed by atoms with Crippen LogP contribution in [0, 0.1) is 0 Å². The van der Waals surface area contributed by atoms with Gasteiger partial charge < -0.3 is 10.6 Å². The maximum Gasteiger partial charge on any atom is 0.237 e. The van der Waals surface area contributed by atoms with Crippen molar-refractivity contribution >= 4 is 5.91 Å². The highest BCUT2D eigenvalue weighted by atomic mass is 16.2. The second-order valence-electron chi connectivity index (χ2n) is 5.08. The van der Waals surface area contributed by atoms with Crippen LogP contribution in [0.2, 0.25) is 0 Å². The Morgan fingerprint density at radius 1 is 1.31 bits per heavy atom. The van der Waals surface area contributed by atoms with E-state index < -0.39 is 0 Å². The number of hydrogen-bond acceptors (Lipinski definition) is 3. The molecule has 2 aliphatic rings. The highest BCUT2D eigenvalue weighted by Gasteiger charge is 2.30. The molecule has 1 saturated carbocycles. The fourth-order valence-corrected chi connectivity index (χ4v) is 2.31. The van der Waals surface area contributed by atoms with Crippen molar-refractivity contribution in [2.75, 3.05) is 20.1 Å². The Morgan fingerprint density at radius 3 is 2.69 bits per heavy atom. The van der Waals surface area contributed by atoms with Gasteiger partial charge >= 0.3 is 0 Å². The Balaban J connectivity index is 1.82. The number of hydrogen-bond donors (Lipinski definition) is 2. The van der Waals surface area contributed by atoms with Crippen LogP contribution in [0.5, 0.6) is 0 Å². The van der Waals surface area contributed by atoms with Crippen LogP contribution in [0.25, 0.3) is 0 Å². The molecule has 0 aromatic heterocycles. The van der Waals surface area contributed by atoms with Crippen molar-refractivity contribution in [2.45, 2.75) is 50.7 Å². The molecule has 92 valence electrons. The zero-order valence-electron chi connectivity index (χ0n) is 10.3. The van der Waals surface area contributed by atoms with Gasteiger partial charge in [-0.15, -0.1) is 0 Å². The highest BCUT2D eigenvalue weighted by molar-refractivity contribution is 5.81. The van der Waals surface area contributed by atoms with Crippen LogP contribution in [-0.4, -0.2) is 49.1 Å². The standard InChI is InChI=1S/C12H23N3O/c1-9(12(16)14-10-5-6-10)15-7-3-4-11(8-15)13-2/h9-11,13H,3-8H2,1-2H3,(H,14,16). The van der Waals surface area contributed by atoms with E-state index in [0.717, 1.165) is 25.9 Å². The molecule has 2 unspecified atom stereocenters. The summed E-state index contributed by atoms with van der Waals surface area (Å²) in [5.74, 6) is 0.208. The predicted molar refractivity (Wildman–Crippen MR) is 64.3 cm³/mol. The molecule has 2 N–H and O–H groups in total. The summed E-state index contributed by atoms with van der Waals surface area (Å²) in [5, 5.41) is 6.39. The number of piperidine rings is 1. The number of carbonyl (C=O) groups is 1. The van der Waals surface area contributed by atoms with Gasteiger partial charge in [-0.1, -0.05) is 0 Å². The molecule has 2 rings (SSSR count). The van der Waals surface area contributed by atoms with Gasteiger partial charge in [0, 0.05) is 18.6 Å². The molecule has 1 heterocycles. The summed E-state index contributed by atoms with van der Waals surface area (Å²) >= 11 is 0. The number of amides is 1. The number of nitrogens with one attached hydrogen (secondary N) is 2. The van der Waals surface area contributed by atoms with E-state index in [0.29, 0.717) is 12.1 Å². The van der Waals surface area contributed by atoms with E-state index in [2.05, 4.69) is 15.5 Å². The fraction of sp³-hybridized carbons (Fsp3) is 0.917. The number of likely N-dealkylation sites (tertiary alicyclic amines) is 1. The van der Waals surface area contributed by atoms with Gasteiger partial charge in [0.05, 0.1) is 6.04 Å². The molecule has 2 fully saturated rings. The summed E-state index contributed by atoms with van der Waals surface area (Å²) in [4.78, 5) is 14.2. The topological polar surface area (TPSA) is 44.4 Å². The van der Waals surface area contributed by atoms with Crippen LogP contribution in [0.3, 0.4) is 0 Å². The van der Waals surface area contributed by atoms with Crippen LogP contribution >= 0.6 is 0 Å². The maximum absolute atomic E-state index is 11.9. The Labute approximate surface area is 97.8 Å². The van der Waals surface area contributed by atoms with Crippen LogP contribution in [0.15, 0.2) is 0 Å². The van der Waals surface area contributed by atoms with Crippen LogP contribution in [0.4, 0.5) is 0 Å². The molecule has 0 aromatic carbocycles. The molecule has 4 nitrogen and oxygen atoms in total. The molecule has 0 spiro atoms. The minimum absolute atomic E-state index is 0.0248. The molecular formula is C12H23N3O. The fourth-order valence-electron chi connectivity index (χ4n) is 2.31. The minimum Gasteiger partial charge on any atom is -0.352 e. The summed E-state index contributed by atoms with van der Waals surface area (Å²) in [6.45, 7) is 4.07. The van der Waals surface area contributed by atoms with E-state index in [-0.39, 0.29) is 11.9 Å². The number of carbonyl (C=O) groups excluding carboxylic acids is 1. The van der Waals surface area contributed by atoms with Gasteiger partial charge in [0.25, 0.3) is 0 Å². The summed E-state index contributed by atoms with van der Waals surface area (Å²) in [6, 6.07) is 1.04. The largest absolute Gasteiger partial charge is 0.352 e. The Morgan fingerprint density at radius 2 is 2.06 bits per heavy atom. The Bertz CT molecular complexity index is 253. The van der Waals surface area contributed by atoms with Crippen molar-refractivity contribution in [2.24, 2.45) is 0 Å². The number of nitrogens with zero attached hydrogens (tertiary/aromatic N) is 1. The average molecular weight is 225 g/mol. The van der Waals surface area contributed by atoms with Crippen LogP contribution < -0.4 is 10.6 Å². The van der Waals surface area contributed by atoms with Crippen molar-refractivity contribution in [1.82, 2.24) is 15.5 Å². The van der Waals surface area contributed by atoms with Gasteiger partial charge in [0.15, 0.2) is 0 Å². The first-order chi connectivity index (χ1) is 7.70. The Hall–Kier alpha value is -0.610. The lowest BCUT2D eigenvalue weighted by Gasteiger charge is -2.35. The molecule has 16 heavy (non-hydrogen) atoms. The molecular weight excluding hydrogens is 202 g/mol. The lowest BCUT2D eigenvalue weighted by Crippen LogP contribution is -2.53. The lowest BCUT2D eigenvalue weighted by atomic mass is 10.0. The first kappa shape index (κ1) is 11.9. The first-order valence-corrected chi connectivity index (χ1v) is 6.42. The molecule has 1 aliphatic heterocycles. The molecule has 4 heteroatoms. The monoisotopic (exact) mass is 225 g/mol. The number of rotatable bonds is 4. The third-order valence-corrected chi connectivity index (χ3v) is 3.71. The summed E-state index contributed by atoms with van der Waals surface area (Å²) < 4.78 is 0. The summed E-state index contributed by atoms with van der Waals surface area (Å²) in [6.07, 6.45) is 4.74. The van der Waals surface area contributed by atoms with E-state index in [1.807, 2.05) is 14.0 Å². The average Bonchev–Trinajstić information content (AvgIpc) is 3.12. The van der Waals surface area contributed by atoms with Crippen LogP contribution in [0.1, 0.15) is 32.6 Å². The van der Waals surface area contributed by atoms with E-state index >= 15 is 0 Å². The second-order valence-corrected chi connectivity index (χ2v) is 5.08. The van der Waals surface area contributed by atoms with Crippen molar-refractivity contribution in [3.05, 3.63) is 0 Å². The summed E-state index contributed by atoms with van der Waals surface area (Å²) in [5.41, 5.74) is 0. The smallest absolute Gasteiger partial charge is 0.237 e. The normalized spacial score (nSPS) is 28.8. The molecule has 0 bridgehead atoms. The molecule has 1 saturated heterocycles. The Kier molecular flexibility index (Phi) is 3.82. The summed E-state index contributed by atoms with van der Waals surface area (Å²) in [7, 11) is 2.00. The number of likely N-dealkylation sites (N-methyl/N-ethyl adjacent to an activating group) is 1. The van der Waals surface area contributed by atoms with Gasteiger partial charge in [-0.05, 0) is 46.2 Å². The zero-order valence-corrected chi connectivity index (χ0v) is 10.3. The van der Waals surface area contributed by atoms with E-state index in [4.69, 9.17) is 0 Å². The third-order valence-electron chi connectivity index (χ3n) is 3.71. The molecule has 0 aromatic rings. The third kappa shape index (κ3) is 2.95. The van der Waals surface area contributed by atoms with Gasteiger partial charge in [-0.3, -0.25) is 9.69 Å². The minimum atomic E-state index is 0.0248.